The Morgan fingerprint density at radius 3 is 2.30 bits per heavy atom. The lowest BCUT2D eigenvalue weighted by atomic mass is 9.92. The monoisotopic (exact) mass is 387 g/mol. The molecule has 0 radical (unpaired) electrons. The molecule has 3 rings (SSSR count). The minimum absolute atomic E-state index is 0.243. The maximum atomic E-state index is 13.2. The first-order valence-corrected chi connectivity index (χ1v) is 11.1. The SMILES string of the molecule is CCC(NS(=O)(=O)c1cc2c(cc1OC)CCCC2)c1ccc(C)c(C)c1. The topological polar surface area (TPSA) is 55.4 Å². The van der Waals surface area contributed by atoms with Crippen molar-refractivity contribution >= 4 is 10.0 Å². The summed E-state index contributed by atoms with van der Waals surface area (Å²) in [4.78, 5) is 0.243. The molecule has 1 atom stereocenters. The van der Waals surface area contributed by atoms with Crippen LogP contribution in [0, 0.1) is 13.8 Å². The number of benzene rings is 2. The summed E-state index contributed by atoms with van der Waals surface area (Å²) >= 11 is 0. The van der Waals surface area contributed by atoms with E-state index in [-0.39, 0.29) is 10.9 Å². The van der Waals surface area contributed by atoms with Crippen molar-refractivity contribution in [3.63, 3.8) is 0 Å². The van der Waals surface area contributed by atoms with E-state index in [0.29, 0.717) is 12.2 Å². The summed E-state index contributed by atoms with van der Waals surface area (Å²) in [6.45, 7) is 6.10. The number of aryl methyl sites for hydroxylation is 4. The molecule has 4 nitrogen and oxygen atoms in total. The fourth-order valence-corrected chi connectivity index (χ4v) is 5.24. The van der Waals surface area contributed by atoms with E-state index in [1.54, 1.807) is 0 Å². The largest absolute Gasteiger partial charge is 0.495 e. The fourth-order valence-electron chi connectivity index (χ4n) is 3.73. The summed E-state index contributed by atoms with van der Waals surface area (Å²) in [6, 6.07) is 9.55. The molecular formula is C22H29NO3S. The van der Waals surface area contributed by atoms with Crippen LogP contribution in [0.25, 0.3) is 0 Å². The summed E-state index contributed by atoms with van der Waals surface area (Å²) in [5.74, 6) is 0.429. The smallest absolute Gasteiger partial charge is 0.244 e. The highest BCUT2D eigenvalue weighted by molar-refractivity contribution is 7.89. The van der Waals surface area contributed by atoms with Crippen molar-refractivity contribution in [3.05, 3.63) is 58.1 Å². The van der Waals surface area contributed by atoms with E-state index in [9.17, 15) is 8.42 Å². The standard InChI is InChI=1S/C22H29NO3S/c1-5-20(19-11-10-15(2)16(3)12-19)23-27(24,25)22-14-18-9-7-6-8-17(18)13-21(22)26-4/h10-14,20,23H,5-9H2,1-4H3. The Morgan fingerprint density at radius 1 is 1.04 bits per heavy atom. The molecule has 0 bridgehead atoms. The summed E-state index contributed by atoms with van der Waals surface area (Å²) in [7, 11) is -2.16. The Balaban J connectivity index is 1.96. The van der Waals surface area contributed by atoms with Gasteiger partial charge in [-0.3, -0.25) is 0 Å². The second-order valence-corrected chi connectivity index (χ2v) is 9.09. The van der Waals surface area contributed by atoms with Crippen LogP contribution in [0.5, 0.6) is 5.75 Å². The fraction of sp³-hybridized carbons (Fsp3) is 0.455. The molecule has 27 heavy (non-hydrogen) atoms. The van der Waals surface area contributed by atoms with Crippen LogP contribution < -0.4 is 9.46 Å². The third-order valence-electron chi connectivity index (χ3n) is 5.56. The number of hydrogen-bond donors (Lipinski definition) is 1. The van der Waals surface area contributed by atoms with E-state index >= 15 is 0 Å². The van der Waals surface area contributed by atoms with Crippen molar-refractivity contribution in [2.75, 3.05) is 7.11 Å². The Morgan fingerprint density at radius 2 is 1.70 bits per heavy atom. The van der Waals surface area contributed by atoms with Gasteiger partial charge in [0.2, 0.25) is 10.0 Å². The summed E-state index contributed by atoms with van der Waals surface area (Å²) in [5.41, 5.74) is 5.69. The van der Waals surface area contributed by atoms with E-state index in [4.69, 9.17) is 4.74 Å². The van der Waals surface area contributed by atoms with Gasteiger partial charge >= 0.3 is 0 Å². The van der Waals surface area contributed by atoms with Gasteiger partial charge in [0, 0.05) is 6.04 Å². The zero-order valence-electron chi connectivity index (χ0n) is 16.6. The molecule has 1 aliphatic rings. The molecule has 0 aromatic heterocycles. The van der Waals surface area contributed by atoms with Crippen LogP contribution in [0.2, 0.25) is 0 Å². The average Bonchev–Trinajstić information content (AvgIpc) is 2.67. The Hall–Kier alpha value is -1.85. The molecule has 1 aliphatic carbocycles. The van der Waals surface area contributed by atoms with Crippen LogP contribution in [0.3, 0.4) is 0 Å². The van der Waals surface area contributed by atoms with E-state index in [2.05, 4.69) is 17.7 Å². The normalized spacial score (nSPS) is 15.3. The molecule has 0 aliphatic heterocycles. The quantitative estimate of drug-likeness (QED) is 0.787. The highest BCUT2D eigenvalue weighted by Crippen LogP contribution is 2.33. The van der Waals surface area contributed by atoms with Gasteiger partial charge in [-0.15, -0.1) is 0 Å². The van der Waals surface area contributed by atoms with E-state index in [0.717, 1.165) is 42.4 Å². The number of ether oxygens (including phenoxy) is 1. The lowest BCUT2D eigenvalue weighted by Crippen LogP contribution is -2.29. The highest BCUT2D eigenvalue weighted by atomic mass is 32.2. The first kappa shape index (κ1) is 19.9. The number of sulfonamides is 1. The molecule has 0 fully saturated rings. The zero-order chi connectivity index (χ0) is 19.6. The van der Waals surface area contributed by atoms with Gasteiger partial charge in [0.15, 0.2) is 0 Å². The molecule has 0 saturated carbocycles. The third-order valence-corrected chi connectivity index (χ3v) is 7.05. The second-order valence-electron chi connectivity index (χ2n) is 7.40. The first-order chi connectivity index (χ1) is 12.9. The predicted molar refractivity (Wildman–Crippen MR) is 109 cm³/mol. The number of hydrogen-bond acceptors (Lipinski definition) is 3. The maximum Gasteiger partial charge on any atom is 0.244 e. The average molecular weight is 388 g/mol. The van der Waals surface area contributed by atoms with Crippen molar-refractivity contribution in [2.24, 2.45) is 0 Å². The molecule has 1 unspecified atom stereocenters. The molecule has 0 amide bonds. The Labute approximate surface area is 163 Å². The van der Waals surface area contributed by atoms with Crippen molar-refractivity contribution in [1.29, 1.82) is 0 Å². The predicted octanol–water partition coefficient (Wildman–Crippen LogP) is 4.62. The van der Waals surface area contributed by atoms with E-state index in [1.165, 1.54) is 18.2 Å². The van der Waals surface area contributed by atoms with Gasteiger partial charge in [-0.1, -0.05) is 25.1 Å². The zero-order valence-corrected chi connectivity index (χ0v) is 17.4. The van der Waals surface area contributed by atoms with Crippen LogP contribution >= 0.6 is 0 Å². The Bertz CT molecular complexity index is 935. The van der Waals surface area contributed by atoms with Crippen molar-refractivity contribution in [1.82, 2.24) is 4.72 Å². The highest BCUT2D eigenvalue weighted by Gasteiger charge is 2.26. The summed E-state index contributed by atoms with van der Waals surface area (Å²) in [6.07, 6.45) is 4.84. The van der Waals surface area contributed by atoms with Crippen molar-refractivity contribution < 1.29 is 13.2 Å². The minimum Gasteiger partial charge on any atom is -0.495 e. The molecule has 146 valence electrons. The number of rotatable bonds is 6. The Kier molecular flexibility index (Phi) is 5.92. The van der Waals surface area contributed by atoms with Crippen LogP contribution in [-0.4, -0.2) is 15.5 Å². The molecule has 0 saturated heterocycles. The molecule has 5 heteroatoms. The molecule has 0 spiro atoms. The second kappa shape index (κ2) is 8.03. The number of fused-ring (bicyclic) bond motifs is 1. The van der Waals surface area contributed by atoms with Crippen LogP contribution in [0.1, 0.15) is 60.0 Å². The van der Waals surface area contributed by atoms with Gasteiger partial charge in [0.1, 0.15) is 10.6 Å². The van der Waals surface area contributed by atoms with Crippen molar-refractivity contribution in [3.8, 4) is 5.75 Å². The van der Waals surface area contributed by atoms with E-state index in [1.807, 2.05) is 38.1 Å². The molecule has 2 aromatic carbocycles. The van der Waals surface area contributed by atoms with Gasteiger partial charge in [-0.2, -0.15) is 0 Å². The van der Waals surface area contributed by atoms with Gasteiger partial charge in [0.25, 0.3) is 0 Å². The van der Waals surface area contributed by atoms with Crippen LogP contribution in [-0.2, 0) is 22.9 Å². The minimum atomic E-state index is -3.69. The molecular weight excluding hydrogens is 358 g/mol. The van der Waals surface area contributed by atoms with Crippen LogP contribution in [0.4, 0.5) is 0 Å². The lowest BCUT2D eigenvalue weighted by molar-refractivity contribution is 0.400. The van der Waals surface area contributed by atoms with Crippen molar-refractivity contribution in [2.45, 2.75) is 63.8 Å². The van der Waals surface area contributed by atoms with Gasteiger partial charge < -0.3 is 4.74 Å². The van der Waals surface area contributed by atoms with Gasteiger partial charge in [-0.05, 0) is 85.9 Å². The molecule has 0 heterocycles. The lowest BCUT2D eigenvalue weighted by Gasteiger charge is -2.22. The first-order valence-electron chi connectivity index (χ1n) is 9.65. The van der Waals surface area contributed by atoms with Crippen LogP contribution in [0.15, 0.2) is 35.2 Å². The summed E-state index contributed by atoms with van der Waals surface area (Å²) in [5, 5.41) is 0. The number of methoxy groups -OCH3 is 1. The third kappa shape index (κ3) is 4.19. The number of nitrogens with one attached hydrogen (secondary N) is 1. The molecule has 1 N–H and O–H groups in total. The summed E-state index contributed by atoms with van der Waals surface area (Å²) < 4.78 is 34.7. The maximum absolute atomic E-state index is 13.2. The molecule has 2 aromatic rings. The van der Waals surface area contributed by atoms with Gasteiger partial charge in [0.05, 0.1) is 7.11 Å². The van der Waals surface area contributed by atoms with Gasteiger partial charge in [-0.25, -0.2) is 13.1 Å². The van der Waals surface area contributed by atoms with E-state index < -0.39 is 10.0 Å².